The van der Waals surface area contributed by atoms with Crippen LogP contribution in [0.25, 0.3) is 0 Å². The van der Waals surface area contributed by atoms with Crippen molar-refractivity contribution in [1.82, 2.24) is 5.32 Å². The lowest BCUT2D eigenvalue weighted by Gasteiger charge is -2.16. The topological polar surface area (TPSA) is 83.6 Å². The average Bonchev–Trinajstić information content (AvgIpc) is 2.80. The Balaban J connectivity index is 2.15. The minimum atomic E-state index is -0.530. The number of benzene rings is 1. The highest BCUT2D eigenvalue weighted by molar-refractivity contribution is 6.26. The monoisotopic (exact) mass is 244 g/mol. The number of hydrogen-bond acceptors (Lipinski definition) is 4. The van der Waals surface area contributed by atoms with Crippen LogP contribution in [0.5, 0.6) is 0 Å². The third kappa shape index (κ3) is 1.35. The number of amides is 3. The first-order valence-corrected chi connectivity index (χ1v) is 5.38. The van der Waals surface area contributed by atoms with Crippen molar-refractivity contribution in [3.63, 3.8) is 0 Å². The highest BCUT2D eigenvalue weighted by Gasteiger charge is 2.36. The fourth-order valence-electron chi connectivity index (χ4n) is 2.23. The molecule has 0 aromatic heterocycles. The highest BCUT2D eigenvalue weighted by atomic mass is 16.2. The third-order valence-electron chi connectivity index (χ3n) is 3.02. The van der Waals surface area contributed by atoms with Crippen molar-refractivity contribution in [1.29, 1.82) is 0 Å². The van der Waals surface area contributed by atoms with Crippen LogP contribution in [-0.2, 0) is 9.59 Å². The predicted octanol–water partition coefficient (Wildman–Crippen LogP) is -0.124. The molecule has 0 radical (unpaired) electrons. The molecule has 0 spiro atoms. The summed E-state index contributed by atoms with van der Waals surface area (Å²) in [5.41, 5.74) is 0.738. The van der Waals surface area contributed by atoms with Gasteiger partial charge in [-0.1, -0.05) is 6.07 Å². The van der Waals surface area contributed by atoms with E-state index in [1.807, 2.05) is 0 Å². The van der Waals surface area contributed by atoms with Crippen molar-refractivity contribution in [3.05, 3.63) is 29.3 Å². The molecular weight excluding hydrogens is 236 g/mol. The lowest BCUT2D eigenvalue weighted by atomic mass is 10.1. The molecule has 0 atom stereocenters. The van der Waals surface area contributed by atoms with Gasteiger partial charge >= 0.3 is 0 Å². The summed E-state index contributed by atoms with van der Waals surface area (Å²) in [6.45, 7) is -0.0449. The minimum Gasteiger partial charge on any atom is -0.304 e. The SMILES string of the molecule is O=C1CC(=O)N(c2cccc3c2C(=O)NC3=O)C1. The third-order valence-corrected chi connectivity index (χ3v) is 3.02. The Kier molecular flexibility index (Phi) is 2.07. The number of nitrogens with zero attached hydrogens (tertiary/aromatic N) is 1. The molecule has 6 heteroatoms. The zero-order chi connectivity index (χ0) is 12.9. The smallest absolute Gasteiger partial charge is 0.261 e. The highest BCUT2D eigenvalue weighted by Crippen LogP contribution is 2.29. The number of ketones is 1. The van der Waals surface area contributed by atoms with Crippen LogP contribution >= 0.6 is 0 Å². The molecule has 1 N–H and O–H groups in total. The lowest BCUT2D eigenvalue weighted by Crippen LogP contribution is -2.27. The molecular formula is C12H8N2O4. The van der Waals surface area contributed by atoms with E-state index in [0.717, 1.165) is 0 Å². The summed E-state index contributed by atoms with van der Waals surface area (Å²) in [5.74, 6) is -1.55. The number of rotatable bonds is 1. The molecule has 3 amide bonds. The first-order chi connectivity index (χ1) is 8.58. The van der Waals surface area contributed by atoms with Crippen molar-refractivity contribution < 1.29 is 19.2 Å². The van der Waals surface area contributed by atoms with Crippen LogP contribution in [0.1, 0.15) is 27.1 Å². The number of imide groups is 1. The number of fused-ring (bicyclic) bond motifs is 1. The van der Waals surface area contributed by atoms with Gasteiger partial charge in [0, 0.05) is 0 Å². The van der Waals surface area contributed by atoms with Gasteiger partial charge in [0.1, 0.15) is 0 Å². The molecule has 0 unspecified atom stereocenters. The summed E-state index contributed by atoms with van der Waals surface area (Å²) in [5, 5.41) is 2.17. The number of carbonyl (C=O) groups is 4. The van der Waals surface area contributed by atoms with Gasteiger partial charge in [-0.2, -0.15) is 0 Å². The molecule has 2 aliphatic heterocycles. The summed E-state index contributed by atoms with van der Waals surface area (Å²) in [7, 11) is 0. The average molecular weight is 244 g/mol. The Bertz CT molecular complexity index is 621. The van der Waals surface area contributed by atoms with Gasteiger partial charge in [0.15, 0.2) is 5.78 Å². The Labute approximate surface area is 102 Å². The fraction of sp³-hybridized carbons (Fsp3) is 0.167. The normalized spacial score (nSPS) is 18.3. The lowest BCUT2D eigenvalue weighted by molar-refractivity contribution is -0.121. The number of anilines is 1. The fourth-order valence-corrected chi connectivity index (χ4v) is 2.23. The number of carbonyl (C=O) groups excluding carboxylic acids is 4. The first-order valence-electron chi connectivity index (χ1n) is 5.38. The van der Waals surface area contributed by atoms with Gasteiger partial charge in [-0.25, -0.2) is 0 Å². The van der Waals surface area contributed by atoms with Gasteiger partial charge in [-0.15, -0.1) is 0 Å². The van der Waals surface area contributed by atoms with Crippen molar-refractivity contribution in [2.45, 2.75) is 6.42 Å². The molecule has 3 rings (SSSR count). The van der Waals surface area contributed by atoms with Gasteiger partial charge in [-0.05, 0) is 12.1 Å². The second-order valence-corrected chi connectivity index (χ2v) is 4.18. The molecule has 90 valence electrons. The summed E-state index contributed by atoms with van der Waals surface area (Å²) in [6.07, 6.45) is -0.154. The quantitative estimate of drug-likeness (QED) is 0.551. The molecule has 1 fully saturated rings. The van der Waals surface area contributed by atoms with E-state index in [0.29, 0.717) is 5.69 Å². The summed E-state index contributed by atoms with van der Waals surface area (Å²) >= 11 is 0. The molecule has 1 aromatic carbocycles. The summed E-state index contributed by atoms with van der Waals surface area (Å²) in [6, 6.07) is 4.66. The van der Waals surface area contributed by atoms with Crippen LogP contribution in [0.15, 0.2) is 18.2 Å². The van der Waals surface area contributed by atoms with Crippen LogP contribution in [0.4, 0.5) is 5.69 Å². The minimum absolute atomic E-state index is 0.0449. The molecule has 0 saturated carbocycles. The van der Waals surface area contributed by atoms with Gasteiger partial charge < -0.3 is 4.90 Å². The van der Waals surface area contributed by atoms with Crippen LogP contribution in [0.2, 0.25) is 0 Å². The maximum atomic E-state index is 11.7. The van der Waals surface area contributed by atoms with Crippen LogP contribution in [-0.4, -0.2) is 30.0 Å². The van der Waals surface area contributed by atoms with E-state index in [1.165, 1.54) is 11.0 Å². The molecule has 1 saturated heterocycles. The summed E-state index contributed by atoms with van der Waals surface area (Å²) < 4.78 is 0. The molecule has 6 nitrogen and oxygen atoms in total. The molecule has 18 heavy (non-hydrogen) atoms. The van der Waals surface area contributed by atoms with E-state index in [9.17, 15) is 19.2 Å². The standard InChI is InChI=1S/C12H8N2O4/c15-6-4-9(16)14(5-6)8-3-1-2-7-10(8)12(18)13-11(7)17/h1-3H,4-5H2,(H,13,17,18). The van der Waals surface area contributed by atoms with Crippen LogP contribution < -0.4 is 10.2 Å². The van der Waals surface area contributed by atoms with Gasteiger partial charge in [0.25, 0.3) is 11.8 Å². The van der Waals surface area contributed by atoms with E-state index in [1.54, 1.807) is 12.1 Å². The van der Waals surface area contributed by atoms with E-state index >= 15 is 0 Å². The van der Waals surface area contributed by atoms with Gasteiger partial charge in [0.2, 0.25) is 5.91 Å². The van der Waals surface area contributed by atoms with Crippen molar-refractivity contribution >= 4 is 29.2 Å². The van der Waals surface area contributed by atoms with Gasteiger partial charge in [0.05, 0.1) is 29.8 Å². The Morgan fingerprint density at radius 2 is 1.83 bits per heavy atom. The Morgan fingerprint density at radius 1 is 1.06 bits per heavy atom. The molecule has 0 aliphatic carbocycles. The molecule has 1 aromatic rings. The van der Waals surface area contributed by atoms with E-state index in [-0.39, 0.29) is 35.8 Å². The maximum Gasteiger partial charge on any atom is 0.261 e. The largest absolute Gasteiger partial charge is 0.304 e. The maximum absolute atomic E-state index is 11.7. The number of hydrogen-bond donors (Lipinski definition) is 1. The zero-order valence-electron chi connectivity index (χ0n) is 9.23. The van der Waals surface area contributed by atoms with Crippen molar-refractivity contribution in [2.24, 2.45) is 0 Å². The summed E-state index contributed by atoms with van der Waals surface area (Å²) in [4.78, 5) is 47.3. The van der Waals surface area contributed by atoms with E-state index < -0.39 is 11.8 Å². The van der Waals surface area contributed by atoms with E-state index in [4.69, 9.17) is 0 Å². The van der Waals surface area contributed by atoms with Crippen molar-refractivity contribution in [3.8, 4) is 0 Å². The van der Waals surface area contributed by atoms with Crippen LogP contribution in [0, 0.1) is 0 Å². The molecule has 2 heterocycles. The first kappa shape index (κ1) is 10.6. The number of Topliss-reactive ketones (excluding diaryl/α,β-unsaturated/α-hetero) is 1. The second kappa shape index (κ2) is 3.49. The van der Waals surface area contributed by atoms with Gasteiger partial charge in [-0.3, -0.25) is 24.5 Å². The Morgan fingerprint density at radius 3 is 2.50 bits per heavy atom. The van der Waals surface area contributed by atoms with E-state index in [2.05, 4.69) is 5.32 Å². The number of nitrogens with one attached hydrogen (secondary N) is 1. The zero-order valence-corrected chi connectivity index (χ0v) is 9.23. The molecule has 0 bridgehead atoms. The van der Waals surface area contributed by atoms with Crippen molar-refractivity contribution in [2.75, 3.05) is 11.4 Å². The molecule has 2 aliphatic rings. The van der Waals surface area contributed by atoms with Crippen LogP contribution in [0.3, 0.4) is 0 Å². The second-order valence-electron chi connectivity index (χ2n) is 4.18. The predicted molar refractivity (Wildman–Crippen MR) is 60.2 cm³/mol. The Hall–Kier alpha value is -2.50.